The molecule has 2 unspecified atom stereocenters. The molecule has 3 heterocycles. The average Bonchev–Trinajstić information content (AvgIpc) is 3.55. The third-order valence-electron chi connectivity index (χ3n) is 7.44. The maximum absolute atomic E-state index is 12.9. The van der Waals surface area contributed by atoms with Gasteiger partial charge in [0.15, 0.2) is 0 Å². The first-order valence-electron chi connectivity index (χ1n) is 12.0. The van der Waals surface area contributed by atoms with Gasteiger partial charge in [-0.1, -0.05) is 41.5 Å². The van der Waals surface area contributed by atoms with Crippen LogP contribution >= 0.6 is 0 Å². The summed E-state index contributed by atoms with van der Waals surface area (Å²) < 4.78 is 5.96. The van der Waals surface area contributed by atoms with Gasteiger partial charge in [0.1, 0.15) is 12.1 Å². The summed E-state index contributed by atoms with van der Waals surface area (Å²) in [5.41, 5.74) is -1.46. The van der Waals surface area contributed by atoms with Crippen molar-refractivity contribution in [2.75, 3.05) is 13.1 Å². The van der Waals surface area contributed by atoms with Crippen LogP contribution < -0.4 is 0 Å². The molecule has 2 aliphatic heterocycles. The van der Waals surface area contributed by atoms with Crippen molar-refractivity contribution in [1.82, 2.24) is 20.0 Å². The zero-order chi connectivity index (χ0) is 24.6. The summed E-state index contributed by atoms with van der Waals surface area (Å²) in [4.78, 5) is 54.4. The Morgan fingerprint density at radius 3 is 1.48 bits per heavy atom. The van der Waals surface area contributed by atoms with E-state index in [1.165, 1.54) is 9.80 Å². The van der Waals surface area contributed by atoms with E-state index in [0.717, 1.165) is 12.8 Å². The van der Waals surface area contributed by atoms with E-state index in [0.29, 0.717) is 38.8 Å². The number of hydrogen-bond acceptors (Lipinski definition) is 7. The molecule has 0 saturated carbocycles. The summed E-state index contributed by atoms with van der Waals surface area (Å²) in [7, 11) is 0. The van der Waals surface area contributed by atoms with Gasteiger partial charge in [0.2, 0.25) is 23.3 Å². The van der Waals surface area contributed by atoms with Crippen LogP contribution in [0, 0.1) is 10.8 Å². The summed E-state index contributed by atoms with van der Waals surface area (Å²) in [6, 6.07) is -0.914. The van der Waals surface area contributed by atoms with Crippen LogP contribution in [0.4, 0.5) is 0 Å². The normalized spacial score (nSPS) is 21.5. The van der Waals surface area contributed by atoms with Crippen LogP contribution in [-0.2, 0) is 19.2 Å². The maximum atomic E-state index is 12.9. The Bertz CT molecular complexity index is 863. The van der Waals surface area contributed by atoms with E-state index in [-0.39, 0.29) is 11.8 Å². The molecular formula is C24H36N4O5. The Balaban J connectivity index is 1.78. The van der Waals surface area contributed by atoms with Gasteiger partial charge < -0.3 is 14.2 Å². The highest BCUT2D eigenvalue weighted by molar-refractivity contribution is 6.38. The summed E-state index contributed by atoms with van der Waals surface area (Å²) in [6.07, 6.45) is 3.87. The van der Waals surface area contributed by atoms with Gasteiger partial charge in [-0.15, -0.1) is 10.2 Å². The molecule has 0 N–H and O–H groups in total. The summed E-state index contributed by atoms with van der Waals surface area (Å²) >= 11 is 0. The quantitative estimate of drug-likeness (QED) is 0.546. The molecule has 0 aliphatic carbocycles. The number of carbonyl (C=O) groups is 4. The van der Waals surface area contributed by atoms with E-state index in [1.54, 1.807) is 27.7 Å². The first-order valence-corrected chi connectivity index (χ1v) is 12.0. The van der Waals surface area contributed by atoms with Crippen molar-refractivity contribution >= 4 is 23.4 Å². The van der Waals surface area contributed by atoms with Gasteiger partial charge in [0, 0.05) is 23.9 Å². The molecule has 0 aromatic carbocycles. The van der Waals surface area contributed by atoms with Gasteiger partial charge >= 0.3 is 0 Å². The Labute approximate surface area is 195 Å². The van der Waals surface area contributed by atoms with E-state index in [2.05, 4.69) is 10.2 Å². The third kappa shape index (κ3) is 4.73. The fraction of sp³-hybridized carbons (Fsp3) is 0.750. The smallest absolute Gasteiger partial charge is 0.291 e. The Morgan fingerprint density at radius 1 is 0.788 bits per heavy atom. The number of carbonyl (C=O) groups excluding carboxylic acids is 4. The van der Waals surface area contributed by atoms with Gasteiger partial charge in [0.05, 0.1) is 0 Å². The molecule has 1 aromatic heterocycles. The van der Waals surface area contributed by atoms with Crippen LogP contribution in [0.3, 0.4) is 0 Å². The predicted molar refractivity (Wildman–Crippen MR) is 120 cm³/mol. The lowest BCUT2D eigenvalue weighted by Crippen LogP contribution is -2.42. The molecule has 9 nitrogen and oxygen atoms in total. The van der Waals surface area contributed by atoms with Crippen molar-refractivity contribution in [1.29, 1.82) is 0 Å². The molecule has 33 heavy (non-hydrogen) atoms. The molecule has 2 fully saturated rings. The highest BCUT2D eigenvalue weighted by atomic mass is 16.4. The minimum absolute atomic E-state index is 0.275. The fourth-order valence-corrected chi connectivity index (χ4v) is 4.21. The van der Waals surface area contributed by atoms with Gasteiger partial charge in [-0.2, -0.15) is 0 Å². The highest BCUT2D eigenvalue weighted by Gasteiger charge is 2.43. The molecule has 2 amide bonds. The van der Waals surface area contributed by atoms with Crippen LogP contribution in [-0.4, -0.2) is 56.5 Å². The number of nitrogens with zero attached hydrogens (tertiary/aromatic N) is 4. The minimum Gasteiger partial charge on any atom is -0.421 e. The third-order valence-corrected chi connectivity index (χ3v) is 7.44. The van der Waals surface area contributed by atoms with Crippen LogP contribution in [0.15, 0.2) is 4.42 Å². The maximum Gasteiger partial charge on any atom is 0.291 e. The lowest BCUT2D eigenvalue weighted by molar-refractivity contribution is -0.150. The summed E-state index contributed by atoms with van der Waals surface area (Å²) in [5.74, 6) is -1.32. The number of aromatic nitrogens is 2. The van der Waals surface area contributed by atoms with Crippen LogP contribution in [0.1, 0.15) is 104 Å². The molecule has 2 aliphatic rings. The Morgan fingerprint density at radius 2 is 1.15 bits per heavy atom. The summed E-state index contributed by atoms with van der Waals surface area (Å²) in [5, 5.41) is 8.35. The molecule has 0 spiro atoms. The second-order valence-electron chi connectivity index (χ2n) is 10.4. The lowest BCUT2D eigenvalue weighted by atomic mass is 9.84. The van der Waals surface area contributed by atoms with E-state index in [1.807, 2.05) is 13.8 Å². The number of amides is 2. The van der Waals surface area contributed by atoms with Crippen molar-refractivity contribution in [2.45, 2.75) is 92.2 Å². The largest absolute Gasteiger partial charge is 0.421 e. The lowest BCUT2D eigenvalue weighted by Gasteiger charge is -2.27. The highest BCUT2D eigenvalue weighted by Crippen LogP contribution is 2.37. The molecule has 3 rings (SSSR count). The van der Waals surface area contributed by atoms with Crippen LogP contribution in [0.25, 0.3) is 0 Å². The first-order chi connectivity index (χ1) is 15.4. The van der Waals surface area contributed by atoms with E-state index in [9.17, 15) is 19.2 Å². The minimum atomic E-state index is -0.728. The van der Waals surface area contributed by atoms with Crippen LogP contribution in [0.2, 0.25) is 0 Å². The van der Waals surface area contributed by atoms with Gasteiger partial charge in [-0.05, 0) is 38.5 Å². The molecule has 2 saturated heterocycles. The predicted octanol–water partition coefficient (Wildman–Crippen LogP) is 3.41. The molecule has 9 heteroatoms. The zero-order valence-corrected chi connectivity index (χ0v) is 20.6. The Kier molecular flexibility index (Phi) is 7.10. The van der Waals surface area contributed by atoms with Gasteiger partial charge in [0.25, 0.3) is 11.8 Å². The molecule has 0 bridgehead atoms. The van der Waals surface area contributed by atoms with Crippen molar-refractivity contribution in [2.24, 2.45) is 10.8 Å². The zero-order valence-electron chi connectivity index (χ0n) is 20.6. The topological polar surface area (TPSA) is 114 Å². The van der Waals surface area contributed by atoms with Crippen molar-refractivity contribution in [3.8, 4) is 0 Å². The van der Waals surface area contributed by atoms with Crippen molar-refractivity contribution in [3.63, 3.8) is 0 Å². The van der Waals surface area contributed by atoms with E-state index >= 15 is 0 Å². The van der Waals surface area contributed by atoms with E-state index < -0.39 is 46.3 Å². The summed E-state index contributed by atoms with van der Waals surface area (Å²) in [6.45, 7) is 11.8. The SMILES string of the molecule is CCC(C)(C)C(=O)C(=O)N1CCCC1c1nnc(C2CCCN2C(=O)C(=O)C(C)(C)CC)o1. The molecule has 1 aromatic rings. The molecule has 2 atom stereocenters. The average molecular weight is 461 g/mol. The van der Waals surface area contributed by atoms with Gasteiger partial charge in [-0.3, -0.25) is 19.2 Å². The first kappa shape index (κ1) is 25.1. The molecule has 182 valence electrons. The second kappa shape index (κ2) is 9.35. The molecular weight excluding hydrogens is 424 g/mol. The Hall–Kier alpha value is -2.58. The molecule has 0 radical (unpaired) electrons. The van der Waals surface area contributed by atoms with Crippen molar-refractivity contribution in [3.05, 3.63) is 11.8 Å². The van der Waals surface area contributed by atoms with E-state index in [4.69, 9.17) is 4.42 Å². The monoisotopic (exact) mass is 460 g/mol. The standard InChI is InChI=1S/C24H36N4O5/c1-7-23(3,4)17(29)21(31)27-13-9-11-15(27)19-25-26-20(33-19)16-12-10-14-28(16)22(32)18(30)24(5,6)8-2/h15-16H,7-14H2,1-6H3. The number of Topliss-reactive ketones (excluding diaryl/α,β-unsaturated/α-hetero) is 2. The number of ketones is 2. The second-order valence-corrected chi connectivity index (χ2v) is 10.4. The van der Waals surface area contributed by atoms with Gasteiger partial charge in [-0.25, -0.2) is 0 Å². The number of hydrogen-bond donors (Lipinski definition) is 0. The van der Waals surface area contributed by atoms with Crippen molar-refractivity contribution < 1.29 is 23.6 Å². The number of rotatable bonds is 8. The van der Waals surface area contributed by atoms with Crippen LogP contribution in [0.5, 0.6) is 0 Å². The fourth-order valence-electron chi connectivity index (χ4n) is 4.21. The number of likely N-dealkylation sites (tertiary alicyclic amines) is 2.